The second kappa shape index (κ2) is 6.25. The van der Waals surface area contributed by atoms with Crippen LogP contribution in [0.3, 0.4) is 0 Å². The van der Waals surface area contributed by atoms with Crippen molar-refractivity contribution in [2.45, 2.75) is 52.0 Å². The van der Waals surface area contributed by atoms with Gasteiger partial charge in [0.05, 0.1) is 0 Å². The average molecular weight is 363 g/mol. The van der Waals surface area contributed by atoms with Gasteiger partial charge in [-0.05, 0) is 45.4 Å². The lowest BCUT2D eigenvalue weighted by molar-refractivity contribution is -0.146. The maximum Gasteiger partial charge on any atom is 0.329 e. The van der Waals surface area contributed by atoms with Crippen molar-refractivity contribution in [2.75, 3.05) is 0 Å². The third-order valence-corrected chi connectivity index (χ3v) is 6.22. The highest BCUT2D eigenvalue weighted by Gasteiger charge is 2.43. The largest absolute Gasteiger partial charge is 0.480 e. The van der Waals surface area contributed by atoms with Crippen molar-refractivity contribution in [2.24, 2.45) is 5.92 Å². The van der Waals surface area contributed by atoms with Crippen molar-refractivity contribution < 1.29 is 14.7 Å². The van der Waals surface area contributed by atoms with E-state index in [1.54, 1.807) is 6.92 Å². The van der Waals surface area contributed by atoms with Gasteiger partial charge in [0.25, 0.3) is 11.5 Å². The number of aryl methyl sites for hydroxylation is 2. The Hall–Kier alpha value is -2.22. The minimum absolute atomic E-state index is 0.127. The molecule has 2 heterocycles. The standard InChI is InChI=1S/C17H21N3O4S/c1-9-4-6-17(7-5-9,15(23)24)19-13(21)12-8-18-16-20(14(12)22)10(2)11(3)25-16/h8-9H,4-7H2,1-3H3,(H,19,21)(H,23,24). The van der Waals surface area contributed by atoms with Gasteiger partial charge in [0.15, 0.2) is 4.96 Å². The van der Waals surface area contributed by atoms with Gasteiger partial charge in [-0.15, -0.1) is 11.3 Å². The van der Waals surface area contributed by atoms with E-state index in [0.717, 1.165) is 23.4 Å². The van der Waals surface area contributed by atoms with Crippen molar-refractivity contribution in [3.8, 4) is 0 Å². The molecular weight excluding hydrogens is 342 g/mol. The quantitative estimate of drug-likeness (QED) is 0.870. The predicted molar refractivity (Wildman–Crippen MR) is 94.3 cm³/mol. The number of aromatic nitrogens is 2. The SMILES string of the molecule is Cc1sc2ncc(C(=O)NC3(C(=O)O)CCC(C)CC3)c(=O)n2c1C. The van der Waals surface area contributed by atoms with Crippen molar-refractivity contribution in [1.82, 2.24) is 14.7 Å². The maximum absolute atomic E-state index is 12.7. The summed E-state index contributed by atoms with van der Waals surface area (Å²) < 4.78 is 1.41. The van der Waals surface area contributed by atoms with E-state index < -0.39 is 23.0 Å². The number of carboxylic acid groups (broad SMARTS) is 1. The zero-order valence-corrected chi connectivity index (χ0v) is 15.3. The van der Waals surface area contributed by atoms with E-state index in [0.29, 0.717) is 23.7 Å². The number of carbonyl (C=O) groups is 2. The van der Waals surface area contributed by atoms with Crippen molar-refractivity contribution >= 4 is 28.2 Å². The smallest absolute Gasteiger partial charge is 0.329 e. The fraction of sp³-hybridized carbons (Fsp3) is 0.529. The number of carboxylic acids is 1. The van der Waals surface area contributed by atoms with Crippen LogP contribution < -0.4 is 10.9 Å². The van der Waals surface area contributed by atoms with Gasteiger partial charge in [-0.3, -0.25) is 14.0 Å². The van der Waals surface area contributed by atoms with Crippen LogP contribution in [0.15, 0.2) is 11.0 Å². The Labute approximate surface area is 148 Å². The van der Waals surface area contributed by atoms with Gasteiger partial charge < -0.3 is 10.4 Å². The molecule has 134 valence electrons. The minimum atomic E-state index is -1.31. The fourth-order valence-corrected chi connectivity index (χ4v) is 4.19. The third-order valence-electron chi connectivity index (χ3n) is 5.15. The molecule has 0 saturated heterocycles. The molecule has 0 radical (unpaired) electrons. The minimum Gasteiger partial charge on any atom is -0.480 e. The number of hydrogen-bond donors (Lipinski definition) is 2. The van der Waals surface area contributed by atoms with Gasteiger partial charge in [0.2, 0.25) is 0 Å². The Kier molecular flexibility index (Phi) is 4.40. The van der Waals surface area contributed by atoms with E-state index in [9.17, 15) is 19.5 Å². The Morgan fingerprint density at radius 2 is 2.00 bits per heavy atom. The Morgan fingerprint density at radius 3 is 2.60 bits per heavy atom. The molecule has 25 heavy (non-hydrogen) atoms. The Bertz CT molecular complexity index is 906. The van der Waals surface area contributed by atoms with Crippen LogP contribution in [0.2, 0.25) is 0 Å². The lowest BCUT2D eigenvalue weighted by Crippen LogP contribution is -2.57. The van der Waals surface area contributed by atoms with E-state index >= 15 is 0 Å². The summed E-state index contributed by atoms with van der Waals surface area (Å²) in [6.07, 6.45) is 3.42. The summed E-state index contributed by atoms with van der Waals surface area (Å²) in [7, 11) is 0. The number of hydrogen-bond acceptors (Lipinski definition) is 5. The van der Waals surface area contributed by atoms with Crippen LogP contribution in [-0.4, -0.2) is 31.9 Å². The van der Waals surface area contributed by atoms with Crippen molar-refractivity contribution in [3.05, 3.63) is 32.7 Å². The molecule has 1 saturated carbocycles. The number of amides is 1. The summed E-state index contributed by atoms with van der Waals surface area (Å²) in [6.45, 7) is 5.75. The lowest BCUT2D eigenvalue weighted by atomic mass is 9.77. The molecule has 0 atom stereocenters. The zero-order chi connectivity index (χ0) is 18.4. The number of aliphatic carboxylic acids is 1. The van der Waals surface area contributed by atoms with Crippen LogP contribution in [0.25, 0.3) is 4.96 Å². The maximum atomic E-state index is 12.7. The van der Waals surface area contributed by atoms with Gasteiger partial charge in [0, 0.05) is 16.8 Å². The molecule has 3 rings (SSSR count). The summed E-state index contributed by atoms with van der Waals surface area (Å²) in [5.41, 5.74) is -1.16. The molecule has 7 nitrogen and oxygen atoms in total. The van der Waals surface area contributed by atoms with Gasteiger partial charge >= 0.3 is 5.97 Å². The third kappa shape index (κ3) is 2.95. The molecule has 0 bridgehead atoms. The zero-order valence-electron chi connectivity index (χ0n) is 14.5. The summed E-state index contributed by atoms with van der Waals surface area (Å²) >= 11 is 1.38. The topological polar surface area (TPSA) is 101 Å². The van der Waals surface area contributed by atoms with Gasteiger partial charge in [-0.1, -0.05) is 6.92 Å². The summed E-state index contributed by atoms with van der Waals surface area (Å²) in [6, 6.07) is 0. The highest BCUT2D eigenvalue weighted by atomic mass is 32.1. The predicted octanol–water partition coefficient (Wildman–Crippen LogP) is 2.14. The number of carbonyl (C=O) groups excluding carboxylic acids is 1. The number of thiazole rings is 1. The molecule has 1 aliphatic carbocycles. The van der Waals surface area contributed by atoms with E-state index in [1.165, 1.54) is 21.9 Å². The summed E-state index contributed by atoms with van der Waals surface area (Å²) in [4.78, 5) is 42.8. The van der Waals surface area contributed by atoms with Gasteiger partial charge in [0.1, 0.15) is 11.1 Å². The first-order chi connectivity index (χ1) is 11.7. The number of nitrogens with one attached hydrogen (secondary N) is 1. The number of rotatable bonds is 3. The molecule has 1 amide bonds. The van der Waals surface area contributed by atoms with E-state index in [2.05, 4.69) is 17.2 Å². The molecule has 0 unspecified atom stereocenters. The van der Waals surface area contributed by atoms with E-state index in [-0.39, 0.29) is 5.56 Å². The number of fused-ring (bicyclic) bond motifs is 1. The van der Waals surface area contributed by atoms with Crippen LogP contribution in [0, 0.1) is 19.8 Å². The fourth-order valence-electron chi connectivity index (χ4n) is 3.26. The van der Waals surface area contributed by atoms with Crippen LogP contribution in [0.4, 0.5) is 0 Å². The summed E-state index contributed by atoms with van der Waals surface area (Å²) in [5.74, 6) is -1.29. The molecule has 2 aromatic rings. The van der Waals surface area contributed by atoms with Crippen molar-refractivity contribution in [1.29, 1.82) is 0 Å². The van der Waals surface area contributed by atoms with Gasteiger partial charge in [-0.2, -0.15) is 0 Å². The van der Waals surface area contributed by atoms with Gasteiger partial charge in [-0.25, -0.2) is 9.78 Å². The molecule has 2 aromatic heterocycles. The van der Waals surface area contributed by atoms with E-state index in [1.807, 2.05) is 6.92 Å². The molecular formula is C17H21N3O4S. The molecule has 2 N–H and O–H groups in total. The van der Waals surface area contributed by atoms with Crippen LogP contribution in [0.1, 0.15) is 53.5 Å². The second-order valence-corrected chi connectivity index (χ2v) is 8.04. The number of nitrogens with zero attached hydrogens (tertiary/aromatic N) is 2. The molecule has 0 aromatic carbocycles. The summed E-state index contributed by atoms with van der Waals surface area (Å²) in [5, 5.41) is 12.3. The monoisotopic (exact) mass is 363 g/mol. The first-order valence-corrected chi connectivity index (χ1v) is 9.10. The molecule has 0 spiro atoms. The lowest BCUT2D eigenvalue weighted by Gasteiger charge is -2.36. The first-order valence-electron chi connectivity index (χ1n) is 8.29. The normalized spacial score (nSPS) is 23.6. The van der Waals surface area contributed by atoms with Crippen LogP contribution >= 0.6 is 11.3 Å². The first kappa shape index (κ1) is 17.6. The highest BCUT2D eigenvalue weighted by Crippen LogP contribution is 2.32. The van der Waals surface area contributed by atoms with Crippen molar-refractivity contribution in [3.63, 3.8) is 0 Å². The molecule has 1 aliphatic rings. The molecule has 8 heteroatoms. The average Bonchev–Trinajstić information content (AvgIpc) is 2.85. The van der Waals surface area contributed by atoms with Crippen LogP contribution in [0.5, 0.6) is 0 Å². The van der Waals surface area contributed by atoms with E-state index in [4.69, 9.17) is 0 Å². The van der Waals surface area contributed by atoms with Crippen LogP contribution in [-0.2, 0) is 4.79 Å². The molecule has 1 fully saturated rings. The Balaban J connectivity index is 1.97. The molecule has 0 aliphatic heterocycles. The second-order valence-electron chi connectivity index (χ2n) is 6.86. The Morgan fingerprint density at radius 1 is 1.36 bits per heavy atom. The highest BCUT2D eigenvalue weighted by molar-refractivity contribution is 7.17.